The molecule has 1 aromatic carbocycles. The fourth-order valence-electron chi connectivity index (χ4n) is 4.23. The van der Waals surface area contributed by atoms with Crippen LogP contribution in [0, 0.1) is 5.92 Å². The zero-order valence-corrected chi connectivity index (χ0v) is 19.5. The van der Waals surface area contributed by atoms with E-state index in [2.05, 4.69) is 32.2 Å². The first-order valence-corrected chi connectivity index (χ1v) is 12.4. The van der Waals surface area contributed by atoms with E-state index in [0.29, 0.717) is 19.0 Å². The van der Waals surface area contributed by atoms with Crippen LogP contribution < -0.4 is 10.1 Å². The number of hydrogen-bond acceptors (Lipinski definition) is 5. The zero-order chi connectivity index (χ0) is 21.8. The lowest BCUT2D eigenvalue weighted by Crippen LogP contribution is -2.57. The summed E-state index contributed by atoms with van der Waals surface area (Å²) in [5.74, 6) is 2.51. The normalized spacial score (nSPS) is 22.7. The van der Waals surface area contributed by atoms with Gasteiger partial charge in [-0.05, 0) is 63.4 Å². The number of aliphatic imine (C=N–C) groups is 1. The van der Waals surface area contributed by atoms with E-state index in [-0.39, 0.29) is 5.75 Å². The Hall–Kier alpha value is -1.80. The molecule has 0 radical (unpaired) electrons. The molecule has 0 saturated carbocycles. The van der Waals surface area contributed by atoms with Gasteiger partial charge in [0.15, 0.2) is 15.8 Å². The van der Waals surface area contributed by atoms with Crippen LogP contribution in [0.1, 0.15) is 32.3 Å². The third-order valence-corrected chi connectivity index (χ3v) is 8.91. The predicted molar refractivity (Wildman–Crippen MR) is 122 cm³/mol. The van der Waals surface area contributed by atoms with Gasteiger partial charge in [-0.3, -0.25) is 9.89 Å². The van der Waals surface area contributed by atoms with Crippen LogP contribution in [0.4, 0.5) is 0 Å². The van der Waals surface area contributed by atoms with Crippen molar-refractivity contribution in [1.82, 2.24) is 15.1 Å². The van der Waals surface area contributed by atoms with Crippen LogP contribution in [-0.4, -0.2) is 81.6 Å². The Morgan fingerprint density at radius 1 is 1.20 bits per heavy atom. The Kier molecular flexibility index (Phi) is 7.29. The molecule has 168 valence electrons. The number of methoxy groups -OCH3 is 1. The average molecular weight is 437 g/mol. The van der Waals surface area contributed by atoms with Crippen LogP contribution in [0.25, 0.3) is 0 Å². The van der Waals surface area contributed by atoms with Gasteiger partial charge in [-0.2, -0.15) is 0 Å². The minimum atomic E-state index is -3.04. The fraction of sp³-hybridized carbons (Fsp3) is 0.682. The summed E-state index contributed by atoms with van der Waals surface area (Å²) in [5, 5.41) is 3.50. The third-order valence-electron chi connectivity index (χ3n) is 6.38. The quantitative estimate of drug-likeness (QED) is 0.562. The molecule has 0 amide bonds. The highest BCUT2D eigenvalue weighted by atomic mass is 32.2. The molecule has 1 N–H and O–H groups in total. The van der Waals surface area contributed by atoms with E-state index in [1.807, 2.05) is 12.1 Å². The smallest absolute Gasteiger partial charge is 0.193 e. The number of ether oxygens (including phenoxy) is 1. The van der Waals surface area contributed by atoms with Gasteiger partial charge in [-0.25, -0.2) is 8.42 Å². The van der Waals surface area contributed by atoms with E-state index in [1.165, 1.54) is 5.56 Å². The lowest BCUT2D eigenvalue weighted by molar-refractivity contribution is 0.177. The number of benzene rings is 1. The summed E-state index contributed by atoms with van der Waals surface area (Å²) < 4.78 is 29.0. The second-order valence-electron chi connectivity index (χ2n) is 9.00. The van der Waals surface area contributed by atoms with Gasteiger partial charge in [0, 0.05) is 33.2 Å². The summed E-state index contributed by atoms with van der Waals surface area (Å²) in [6, 6.07) is 8.31. The van der Waals surface area contributed by atoms with Crippen molar-refractivity contribution in [2.24, 2.45) is 10.9 Å². The van der Waals surface area contributed by atoms with Gasteiger partial charge in [0.25, 0.3) is 0 Å². The van der Waals surface area contributed by atoms with Crippen molar-refractivity contribution < 1.29 is 13.2 Å². The van der Waals surface area contributed by atoms with E-state index in [1.54, 1.807) is 28.0 Å². The highest BCUT2D eigenvalue weighted by Gasteiger charge is 2.41. The Labute approximate surface area is 181 Å². The summed E-state index contributed by atoms with van der Waals surface area (Å²) in [6.07, 6.45) is 2.31. The van der Waals surface area contributed by atoms with Gasteiger partial charge in [-0.1, -0.05) is 12.1 Å². The third kappa shape index (κ3) is 5.46. The largest absolute Gasteiger partial charge is 0.497 e. The van der Waals surface area contributed by atoms with Crippen molar-refractivity contribution in [3.63, 3.8) is 0 Å². The lowest BCUT2D eigenvalue weighted by Gasteiger charge is -2.39. The summed E-state index contributed by atoms with van der Waals surface area (Å²) in [4.78, 5) is 9.00. The molecule has 0 aromatic heterocycles. The number of sulfone groups is 1. The maximum absolute atomic E-state index is 12.3. The van der Waals surface area contributed by atoms with E-state index in [0.717, 1.165) is 50.7 Å². The molecule has 2 saturated heterocycles. The molecule has 7 nitrogen and oxygen atoms in total. The number of guanidine groups is 1. The topological polar surface area (TPSA) is 74.2 Å². The molecular weight excluding hydrogens is 400 g/mol. The molecule has 1 aromatic rings. The van der Waals surface area contributed by atoms with Gasteiger partial charge < -0.3 is 15.0 Å². The highest BCUT2D eigenvalue weighted by Crippen LogP contribution is 2.24. The van der Waals surface area contributed by atoms with Gasteiger partial charge in [-0.15, -0.1) is 0 Å². The number of rotatable bonds is 5. The predicted octanol–water partition coefficient (Wildman–Crippen LogP) is 1.99. The van der Waals surface area contributed by atoms with Crippen molar-refractivity contribution in [3.05, 3.63) is 29.8 Å². The molecule has 8 heteroatoms. The molecule has 0 bridgehead atoms. The summed E-state index contributed by atoms with van der Waals surface area (Å²) in [7, 11) is 0.421. The van der Waals surface area contributed by atoms with Crippen LogP contribution in [0.3, 0.4) is 0 Å². The van der Waals surface area contributed by atoms with Gasteiger partial charge in [0.1, 0.15) is 5.75 Å². The maximum Gasteiger partial charge on any atom is 0.193 e. The Bertz CT molecular complexity index is 828. The number of likely N-dealkylation sites (tertiary alicyclic amines) is 1. The molecule has 30 heavy (non-hydrogen) atoms. The molecule has 0 unspecified atom stereocenters. The maximum atomic E-state index is 12.3. The number of hydrogen-bond donors (Lipinski definition) is 1. The van der Waals surface area contributed by atoms with Crippen molar-refractivity contribution in [1.29, 1.82) is 0 Å². The Morgan fingerprint density at radius 2 is 1.87 bits per heavy atom. The number of piperidine rings is 1. The van der Waals surface area contributed by atoms with E-state index in [9.17, 15) is 8.42 Å². The second kappa shape index (κ2) is 9.56. The minimum Gasteiger partial charge on any atom is -0.497 e. The van der Waals surface area contributed by atoms with Gasteiger partial charge in [0.05, 0.1) is 17.6 Å². The van der Waals surface area contributed by atoms with Gasteiger partial charge >= 0.3 is 0 Å². The number of nitrogens with one attached hydrogen (secondary N) is 1. The molecular formula is C22H36N4O3S. The molecule has 0 atom stereocenters. The first-order valence-electron chi connectivity index (χ1n) is 10.8. The van der Waals surface area contributed by atoms with Crippen molar-refractivity contribution in [2.45, 2.75) is 38.0 Å². The number of nitrogens with zero attached hydrogens (tertiary/aromatic N) is 3. The molecule has 2 fully saturated rings. The molecule has 2 aliphatic rings. The van der Waals surface area contributed by atoms with Crippen LogP contribution in [0.2, 0.25) is 0 Å². The summed E-state index contributed by atoms with van der Waals surface area (Å²) in [5.41, 5.74) is 1.32. The van der Waals surface area contributed by atoms with Crippen LogP contribution in [-0.2, 0) is 16.4 Å². The summed E-state index contributed by atoms with van der Waals surface area (Å²) in [6.45, 7) is 8.63. The van der Waals surface area contributed by atoms with Crippen LogP contribution >= 0.6 is 0 Å². The second-order valence-corrected chi connectivity index (χ2v) is 11.7. The molecule has 0 aliphatic carbocycles. The first kappa shape index (κ1) is 22.9. The molecule has 2 heterocycles. The SMILES string of the molecule is CN=C(NCC1CCN(Cc2ccc(OC)cc2)CC1)N1CCS(=O)(=O)C(C)(C)C1. The Morgan fingerprint density at radius 3 is 2.43 bits per heavy atom. The monoisotopic (exact) mass is 436 g/mol. The summed E-state index contributed by atoms with van der Waals surface area (Å²) >= 11 is 0. The first-order chi connectivity index (χ1) is 14.2. The fourth-order valence-corrected chi connectivity index (χ4v) is 5.60. The van der Waals surface area contributed by atoms with E-state index < -0.39 is 14.6 Å². The van der Waals surface area contributed by atoms with Crippen molar-refractivity contribution in [3.8, 4) is 5.75 Å². The molecule has 3 rings (SSSR count). The van der Waals surface area contributed by atoms with Crippen molar-refractivity contribution in [2.75, 3.05) is 52.6 Å². The molecule has 2 aliphatic heterocycles. The zero-order valence-electron chi connectivity index (χ0n) is 18.7. The lowest BCUT2D eigenvalue weighted by atomic mass is 9.96. The van der Waals surface area contributed by atoms with E-state index in [4.69, 9.17) is 4.74 Å². The minimum absolute atomic E-state index is 0.185. The van der Waals surface area contributed by atoms with Crippen LogP contribution in [0.5, 0.6) is 5.75 Å². The van der Waals surface area contributed by atoms with E-state index >= 15 is 0 Å². The Balaban J connectivity index is 1.44. The van der Waals surface area contributed by atoms with Crippen LogP contribution in [0.15, 0.2) is 29.3 Å². The van der Waals surface area contributed by atoms with Crippen molar-refractivity contribution >= 4 is 15.8 Å². The van der Waals surface area contributed by atoms with Gasteiger partial charge in [0.2, 0.25) is 0 Å². The average Bonchev–Trinajstić information content (AvgIpc) is 2.73. The molecule has 0 spiro atoms. The highest BCUT2D eigenvalue weighted by molar-refractivity contribution is 7.92. The standard InChI is InChI=1S/C22H36N4O3S/c1-22(2)17-26(13-14-30(22,27)28)21(23-3)24-15-18-9-11-25(12-10-18)16-19-5-7-20(29-4)8-6-19/h5-8,18H,9-17H2,1-4H3,(H,23,24).